The molecule has 0 bridgehead atoms. The molecular weight excluding hydrogens is 184 g/mol. The molecule has 1 atom stereocenters. The number of hydrogen-bond donors (Lipinski definition) is 1. The first-order valence-corrected chi connectivity index (χ1v) is 5.76. The normalized spacial score (nSPS) is 18.9. The van der Waals surface area contributed by atoms with Gasteiger partial charge >= 0.3 is 0 Å². The van der Waals surface area contributed by atoms with Gasteiger partial charge in [0.15, 0.2) is 0 Å². The van der Waals surface area contributed by atoms with E-state index in [2.05, 4.69) is 39.0 Å². The predicted molar refractivity (Wildman–Crippen MR) is 62.8 cm³/mol. The Kier molecular flexibility index (Phi) is 2.59. The highest BCUT2D eigenvalue weighted by Crippen LogP contribution is 2.41. The maximum Gasteiger partial charge on any atom is 0.0838 e. The molecule has 15 heavy (non-hydrogen) atoms. The maximum absolute atomic E-state index is 10.2. The van der Waals surface area contributed by atoms with E-state index in [0.717, 1.165) is 11.5 Å². The zero-order valence-corrected chi connectivity index (χ0v) is 9.83. The lowest BCUT2D eigenvalue weighted by molar-refractivity contribution is 0.0626. The molecule has 1 aromatic rings. The van der Waals surface area contributed by atoms with Crippen molar-refractivity contribution in [1.29, 1.82) is 0 Å². The molecule has 1 N–H and O–H groups in total. The van der Waals surface area contributed by atoms with Gasteiger partial charge < -0.3 is 5.11 Å². The fourth-order valence-electron chi connectivity index (χ4n) is 1.90. The van der Waals surface area contributed by atoms with E-state index in [-0.39, 0.29) is 11.5 Å². The molecule has 0 aromatic heterocycles. The van der Waals surface area contributed by atoms with E-state index < -0.39 is 0 Å². The highest BCUT2D eigenvalue weighted by Gasteiger charge is 2.27. The van der Waals surface area contributed by atoms with Crippen molar-refractivity contribution in [2.75, 3.05) is 0 Å². The Hall–Kier alpha value is -0.820. The fourth-order valence-corrected chi connectivity index (χ4v) is 1.90. The zero-order valence-electron chi connectivity index (χ0n) is 9.83. The van der Waals surface area contributed by atoms with Crippen LogP contribution in [-0.2, 0) is 0 Å². The Morgan fingerprint density at radius 3 is 2.47 bits per heavy atom. The molecule has 0 amide bonds. The van der Waals surface area contributed by atoms with Crippen LogP contribution in [0.4, 0.5) is 0 Å². The van der Waals surface area contributed by atoms with E-state index in [1.807, 2.05) is 6.07 Å². The summed E-state index contributed by atoms with van der Waals surface area (Å²) in [7, 11) is 0. The Morgan fingerprint density at radius 2 is 1.93 bits per heavy atom. The summed E-state index contributed by atoms with van der Waals surface area (Å²) in [4.78, 5) is 0. The third-order valence-electron chi connectivity index (χ3n) is 3.10. The van der Waals surface area contributed by atoms with Crippen LogP contribution in [0.3, 0.4) is 0 Å². The highest BCUT2D eigenvalue weighted by molar-refractivity contribution is 5.30. The monoisotopic (exact) mass is 204 g/mol. The smallest absolute Gasteiger partial charge is 0.0838 e. The molecule has 1 saturated carbocycles. The molecule has 0 saturated heterocycles. The van der Waals surface area contributed by atoms with Crippen LogP contribution in [0.25, 0.3) is 0 Å². The minimum atomic E-state index is -0.365. The van der Waals surface area contributed by atoms with Gasteiger partial charge in [0.1, 0.15) is 0 Å². The van der Waals surface area contributed by atoms with Crippen LogP contribution in [-0.4, -0.2) is 5.11 Å². The Morgan fingerprint density at radius 1 is 1.27 bits per heavy atom. The van der Waals surface area contributed by atoms with Crippen molar-refractivity contribution in [2.24, 2.45) is 5.41 Å². The van der Waals surface area contributed by atoms with Crippen LogP contribution in [0.15, 0.2) is 24.3 Å². The van der Waals surface area contributed by atoms with Crippen molar-refractivity contribution in [3.63, 3.8) is 0 Å². The van der Waals surface area contributed by atoms with Gasteiger partial charge in [-0.05, 0) is 35.3 Å². The molecule has 0 heterocycles. The van der Waals surface area contributed by atoms with E-state index in [4.69, 9.17) is 0 Å². The number of rotatable bonds is 2. The highest BCUT2D eigenvalue weighted by atomic mass is 16.3. The molecule has 1 aliphatic carbocycles. The molecular formula is C14H20O. The van der Waals surface area contributed by atoms with Gasteiger partial charge in [-0.25, -0.2) is 0 Å². The molecule has 1 aromatic carbocycles. The Balaban J connectivity index is 2.24. The summed E-state index contributed by atoms with van der Waals surface area (Å²) >= 11 is 0. The lowest BCUT2D eigenvalue weighted by atomic mass is 9.84. The van der Waals surface area contributed by atoms with Gasteiger partial charge in [-0.1, -0.05) is 45.0 Å². The molecule has 2 rings (SSSR count). The molecule has 0 spiro atoms. The Labute approximate surface area is 92.1 Å². The average Bonchev–Trinajstić information content (AvgIpc) is 2.98. The summed E-state index contributed by atoms with van der Waals surface area (Å²) in [5.41, 5.74) is 2.38. The average molecular weight is 204 g/mol. The summed E-state index contributed by atoms with van der Waals surface area (Å²) in [6.45, 7) is 6.21. The maximum atomic E-state index is 10.2. The van der Waals surface area contributed by atoms with Crippen LogP contribution >= 0.6 is 0 Å². The zero-order chi connectivity index (χ0) is 11.1. The van der Waals surface area contributed by atoms with Gasteiger partial charge in [0.05, 0.1) is 6.10 Å². The van der Waals surface area contributed by atoms with Crippen molar-refractivity contribution in [3.8, 4) is 0 Å². The summed E-state index contributed by atoms with van der Waals surface area (Å²) in [5, 5.41) is 10.2. The van der Waals surface area contributed by atoms with Gasteiger partial charge in [0.2, 0.25) is 0 Å². The minimum Gasteiger partial charge on any atom is -0.388 e. The van der Waals surface area contributed by atoms with E-state index in [1.54, 1.807) is 0 Å². The predicted octanol–water partition coefficient (Wildman–Crippen LogP) is 3.64. The van der Waals surface area contributed by atoms with Crippen LogP contribution < -0.4 is 0 Å². The van der Waals surface area contributed by atoms with Crippen molar-refractivity contribution in [2.45, 2.75) is 45.6 Å². The number of aliphatic hydroxyl groups is 1. The van der Waals surface area contributed by atoms with Crippen LogP contribution in [0.5, 0.6) is 0 Å². The van der Waals surface area contributed by atoms with Gasteiger partial charge in [-0.15, -0.1) is 0 Å². The summed E-state index contributed by atoms with van der Waals surface area (Å²) in [5.74, 6) is 0.761. The molecule has 1 fully saturated rings. The Bertz CT molecular complexity index is 345. The van der Waals surface area contributed by atoms with E-state index in [9.17, 15) is 5.11 Å². The fraction of sp³-hybridized carbons (Fsp3) is 0.571. The number of benzene rings is 1. The van der Waals surface area contributed by atoms with Gasteiger partial charge in [-0.2, -0.15) is 0 Å². The number of hydrogen-bond acceptors (Lipinski definition) is 1. The van der Waals surface area contributed by atoms with Crippen molar-refractivity contribution in [3.05, 3.63) is 35.4 Å². The standard InChI is InChI=1S/C14H20O/c1-14(2,3)13(15)12-6-4-5-11(9-12)10-7-8-10/h4-6,9-10,13,15H,7-8H2,1-3H3. The molecule has 82 valence electrons. The lowest BCUT2D eigenvalue weighted by Gasteiger charge is -2.26. The molecule has 1 unspecified atom stereocenters. The first-order chi connectivity index (χ1) is 6.98. The second kappa shape index (κ2) is 3.64. The van der Waals surface area contributed by atoms with E-state index in [1.165, 1.54) is 18.4 Å². The van der Waals surface area contributed by atoms with Crippen LogP contribution in [0.2, 0.25) is 0 Å². The number of aliphatic hydroxyl groups excluding tert-OH is 1. The second-order valence-corrected chi connectivity index (χ2v) is 5.71. The van der Waals surface area contributed by atoms with Gasteiger partial charge in [0, 0.05) is 0 Å². The molecule has 1 aliphatic rings. The summed E-state index contributed by atoms with van der Waals surface area (Å²) < 4.78 is 0. The van der Waals surface area contributed by atoms with Crippen molar-refractivity contribution >= 4 is 0 Å². The van der Waals surface area contributed by atoms with Crippen molar-refractivity contribution in [1.82, 2.24) is 0 Å². The molecule has 0 radical (unpaired) electrons. The topological polar surface area (TPSA) is 20.2 Å². The summed E-state index contributed by atoms with van der Waals surface area (Å²) in [6, 6.07) is 8.45. The quantitative estimate of drug-likeness (QED) is 0.779. The second-order valence-electron chi connectivity index (χ2n) is 5.71. The molecule has 1 heteroatoms. The molecule has 1 nitrogen and oxygen atoms in total. The SMILES string of the molecule is CC(C)(C)C(O)c1cccc(C2CC2)c1. The van der Waals surface area contributed by atoms with Crippen molar-refractivity contribution < 1.29 is 5.11 Å². The first-order valence-electron chi connectivity index (χ1n) is 5.76. The summed E-state index contributed by atoms with van der Waals surface area (Å²) in [6.07, 6.45) is 2.26. The van der Waals surface area contributed by atoms with Crippen LogP contribution in [0.1, 0.15) is 56.8 Å². The largest absolute Gasteiger partial charge is 0.388 e. The van der Waals surface area contributed by atoms with E-state index in [0.29, 0.717) is 0 Å². The molecule has 0 aliphatic heterocycles. The first kappa shape index (κ1) is 10.7. The van der Waals surface area contributed by atoms with Gasteiger partial charge in [0.25, 0.3) is 0 Å². The van der Waals surface area contributed by atoms with Crippen LogP contribution in [0, 0.1) is 5.41 Å². The van der Waals surface area contributed by atoms with Gasteiger partial charge in [-0.3, -0.25) is 0 Å². The van der Waals surface area contributed by atoms with E-state index >= 15 is 0 Å². The minimum absolute atomic E-state index is 0.0812. The third kappa shape index (κ3) is 2.40. The lowest BCUT2D eigenvalue weighted by Crippen LogP contribution is -2.17. The third-order valence-corrected chi connectivity index (χ3v) is 3.10.